The van der Waals surface area contributed by atoms with E-state index in [9.17, 15) is 9.59 Å². The van der Waals surface area contributed by atoms with Crippen LogP contribution in [0.5, 0.6) is 0 Å². The Balaban J connectivity index is 1.70. The van der Waals surface area contributed by atoms with E-state index in [1.165, 1.54) is 0 Å². The molecule has 23 heavy (non-hydrogen) atoms. The standard InChI is InChI=1S/C18H24N2O3/c1-12(21)20-8-6-13-10-14(4-5-16(13)20)17(22)19-15-7-9-23-18(2,3)11-15/h4-5,10,15H,6-9,11H2,1-3H3,(H,19,22). The minimum Gasteiger partial charge on any atom is -0.375 e. The Kier molecular flexibility index (Phi) is 4.15. The van der Waals surface area contributed by atoms with E-state index in [2.05, 4.69) is 19.2 Å². The highest BCUT2D eigenvalue weighted by Gasteiger charge is 2.30. The molecule has 5 heteroatoms. The van der Waals surface area contributed by atoms with Crippen LogP contribution >= 0.6 is 0 Å². The zero-order valence-corrected chi connectivity index (χ0v) is 14.0. The van der Waals surface area contributed by atoms with Crippen molar-refractivity contribution in [1.82, 2.24) is 5.32 Å². The van der Waals surface area contributed by atoms with Gasteiger partial charge in [-0.15, -0.1) is 0 Å². The van der Waals surface area contributed by atoms with Crippen molar-refractivity contribution in [3.8, 4) is 0 Å². The lowest BCUT2D eigenvalue weighted by molar-refractivity contribution is -0.116. The van der Waals surface area contributed by atoms with Gasteiger partial charge in [0.15, 0.2) is 0 Å². The molecule has 2 aliphatic rings. The number of fused-ring (bicyclic) bond motifs is 1. The van der Waals surface area contributed by atoms with Gasteiger partial charge in [-0.3, -0.25) is 9.59 Å². The molecule has 0 aliphatic carbocycles. The minimum atomic E-state index is -0.184. The fourth-order valence-corrected chi connectivity index (χ4v) is 3.49. The third kappa shape index (κ3) is 3.39. The first-order chi connectivity index (χ1) is 10.9. The average Bonchev–Trinajstić information content (AvgIpc) is 2.89. The minimum absolute atomic E-state index is 0.0447. The van der Waals surface area contributed by atoms with Gasteiger partial charge in [0.1, 0.15) is 0 Å². The Labute approximate surface area is 137 Å². The molecule has 0 aromatic heterocycles. The lowest BCUT2D eigenvalue weighted by Crippen LogP contribution is -2.45. The number of ether oxygens (including phenoxy) is 1. The van der Waals surface area contributed by atoms with Crippen molar-refractivity contribution >= 4 is 17.5 Å². The van der Waals surface area contributed by atoms with Crippen molar-refractivity contribution in [2.75, 3.05) is 18.1 Å². The molecule has 2 amide bonds. The van der Waals surface area contributed by atoms with Crippen molar-refractivity contribution in [2.45, 2.75) is 51.7 Å². The molecule has 0 saturated carbocycles. The molecule has 0 spiro atoms. The lowest BCUT2D eigenvalue weighted by Gasteiger charge is -2.35. The average molecular weight is 316 g/mol. The van der Waals surface area contributed by atoms with Crippen molar-refractivity contribution in [2.24, 2.45) is 0 Å². The van der Waals surface area contributed by atoms with E-state index in [1.807, 2.05) is 12.1 Å². The van der Waals surface area contributed by atoms with E-state index in [4.69, 9.17) is 4.74 Å². The monoisotopic (exact) mass is 316 g/mol. The number of hydrogen-bond donors (Lipinski definition) is 1. The Morgan fingerprint density at radius 2 is 2.13 bits per heavy atom. The summed E-state index contributed by atoms with van der Waals surface area (Å²) in [5, 5.41) is 3.12. The van der Waals surface area contributed by atoms with Gasteiger partial charge in [-0.1, -0.05) is 0 Å². The van der Waals surface area contributed by atoms with Gasteiger partial charge in [-0.2, -0.15) is 0 Å². The number of anilines is 1. The van der Waals surface area contributed by atoms with Crippen LogP contribution in [0.25, 0.3) is 0 Å². The summed E-state index contributed by atoms with van der Waals surface area (Å²) in [6, 6.07) is 5.75. The van der Waals surface area contributed by atoms with Crippen LogP contribution in [0.15, 0.2) is 18.2 Å². The van der Waals surface area contributed by atoms with E-state index < -0.39 is 0 Å². The second kappa shape index (κ2) is 5.96. The molecule has 1 fully saturated rings. The third-order valence-corrected chi connectivity index (χ3v) is 4.65. The lowest BCUT2D eigenvalue weighted by atomic mass is 9.93. The first-order valence-corrected chi connectivity index (χ1v) is 8.21. The van der Waals surface area contributed by atoms with E-state index >= 15 is 0 Å². The van der Waals surface area contributed by atoms with Crippen LogP contribution in [0.3, 0.4) is 0 Å². The molecule has 1 N–H and O–H groups in total. The van der Waals surface area contributed by atoms with Crippen LogP contribution < -0.4 is 10.2 Å². The Bertz CT molecular complexity index is 639. The first-order valence-electron chi connectivity index (χ1n) is 8.21. The van der Waals surface area contributed by atoms with Crippen LogP contribution in [-0.4, -0.2) is 36.6 Å². The summed E-state index contributed by atoms with van der Waals surface area (Å²) in [5.41, 5.74) is 2.48. The molecule has 5 nitrogen and oxygen atoms in total. The van der Waals surface area contributed by atoms with Gasteiger partial charge in [0, 0.05) is 37.4 Å². The predicted octanol–water partition coefficient (Wildman–Crippen LogP) is 2.28. The van der Waals surface area contributed by atoms with Crippen molar-refractivity contribution in [3.05, 3.63) is 29.3 Å². The van der Waals surface area contributed by atoms with Crippen molar-refractivity contribution < 1.29 is 14.3 Å². The van der Waals surface area contributed by atoms with Crippen LogP contribution in [0.1, 0.15) is 49.5 Å². The number of amides is 2. The van der Waals surface area contributed by atoms with Gasteiger partial charge in [0.2, 0.25) is 5.91 Å². The summed E-state index contributed by atoms with van der Waals surface area (Å²) in [6.07, 6.45) is 2.47. The number of benzene rings is 1. The van der Waals surface area contributed by atoms with E-state index in [0.29, 0.717) is 18.7 Å². The zero-order valence-electron chi connectivity index (χ0n) is 14.0. The van der Waals surface area contributed by atoms with Gasteiger partial charge in [-0.25, -0.2) is 0 Å². The molecule has 1 saturated heterocycles. The third-order valence-electron chi connectivity index (χ3n) is 4.65. The number of carbonyl (C=O) groups is 2. The van der Waals surface area contributed by atoms with Gasteiger partial charge < -0.3 is 15.0 Å². The van der Waals surface area contributed by atoms with Crippen LogP contribution in [0.4, 0.5) is 5.69 Å². The van der Waals surface area contributed by atoms with Gasteiger partial charge in [0.25, 0.3) is 5.91 Å². The number of nitrogens with zero attached hydrogens (tertiary/aromatic N) is 1. The first kappa shape index (κ1) is 16.0. The van der Waals surface area contributed by atoms with Crippen LogP contribution in [0, 0.1) is 0 Å². The highest BCUT2D eigenvalue weighted by molar-refractivity contribution is 5.98. The quantitative estimate of drug-likeness (QED) is 0.910. The van der Waals surface area contributed by atoms with Crippen LogP contribution in [-0.2, 0) is 16.0 Å². The van der Waals surface area contributed by atoms with Crippen LogP contribution in [0.2, 0.25) is 0 Å². The van der Waals surface area contributed by atoms with Crippen molar-refractivity contribution in [1.29, 1.82) is 0 Å². The highest BCUT2D eigenvalue weighted by atomic mass is 16.5. The smallest absolute Gasteiger partial charge is 0.251 e. The molecule has 2 aliphatic heterocycles. The molecule has 3 rings (SSSR count). The number of carbonyl (C=O) groups excluding carboxylic acids is 2. The second-order valence-electron chi connectivity index (χ2n) is 7.04. The Hall–Kier alpha value is -1.88. The maximum absolute atomic E-state index is 12.5. The molecular weight excluding hydrogens is 292 g/mol. The van der Waals surface area contributed by atoms with Gasteiger partial charge in [0.05, 0.1) is 5.60 Å². The largest absolute Gasteiger partial charge is 0.375 e. The van der Waals surface area contributed by atoms with E-state index in [0.717, 1.165) is 30.5 Å². The maximum Gasteiger partial charge on any atom is 0.251 e. The topological polar surface area (TPSA) is 58.6 Å². The Morgan fingerprint density at radius 3 is 2.83 bits per heavy atom. The summed E-state index contributed by atoms with van der Waals surface area (Å²) in [5.74, 6) is 0.00200. The molecule has 1 unspecified atom stereocenters. The number of nitrogens with one attached hydrogen (secondary N) is 1. The molecule has 124 valence electrons. The van der Waals surface area contributed by atoms with E-state index in [-0.39, 0.29) is 23.5 Å². The zero-order chi connectivity index (χ0) is 16.6. The summed E-state index contributed by atoms with van der Waals surface area (Å²) in [7, 11) is 0. The summed E-state index contributed by atoms with van der Waals surface area (Å²) in [6.45, 7) is 7.05. The van der Waals surface area contributed by atoms with E-state index in [1.54, 1.807) is 17.9 Å². The molecule has 2 heterocycles. The second-order valence-corrected chi connectivity index (χ2v) is 7.04. The SMILES string of the molecule is CC(=O)N1CCc2cc(C(=O)NC3CCOC(C)(C)C3)ccc21. The Morgan fingerprint density at radius 1 is 1.35 bits per heavy atom. The van der Waals surface area contributed by atoms with Gasteiger partial charge in [-0.05, 0) is 56.9 Å². The fourth-order valence-electron chi connectivity index (χ4n) is 3.49. The van der Waals surface area contributed by atoms with Crippen molar-refractivity contribution in [3.63, 3.8) is 0 Å². The number of rotatable bonds is 2. The maximum atomic E-state index is 12.5. The highest BCUT2D eigenvalue weighted by Crippen LogP contribution is 2.29. The molecule has 1 aromatic carbocycles. The summed E-state index contributed by atoms with van der Waals surface area (Å²) in [4.78, 5) is 25.9. The fraction of sp³-hybridized carbons (Fsp3) is 0.556. The van der Waals surface area contributed by atoms with Gasteiger partial charge >= 0.3 is 0 Å². The normalized spacial score (nSPS) is 22.6. The molecule has 0 bridgehead atoms. The predicted molar refractivity (Wildman–Crippen MR) is 88.7 cm³/mol. The summed E-state index contributed by atoms with van der Waals surface area (Å²) >= 11 is 0. The molecule has 1 aromatic rings. The molecular formula is C18H24N2O3. The number of hydrogen-bond acceptors (Lipinski definition) is 3. The summed E-state index contributed by atoms with van der Waals surface area (Å²) < 4.78 is 5.69. The molecule has 1 atom stereocenters. The molecule has 0 radical (unpaired) electrons.